The van der Waals surface area contributed by atoms with Crippen LogP contribution in [0.4, 0.5) is 11.8 Å². The molecule has 1 unspecified atom stereocenters. The Morgan fingerprint density at radius 1 is 1.27 bits per heavy atom. The molecule has 0 radical (unpaired) electrons. The van der Waals surface area contributed by atoms with Crippen LogP contribution in [0, 0.1) is 0 Å². The van der Waals surface area contributed by atoms with Crippen LogP contribution in [0.3, 0.4) is 0 Å². The van der Waals surface area contributed by atoms with Crippen molar-refractivity contribution >= 4 is 23.1 Å². The summed E-state index contributed by atoms with van der Waals surface area (Å²) in [5.41, 5.74) is 3.09. The lowest BCUT2D eigenvalue weighted by Crippen LogP contribution is -2.46. The van der Waals surface area contributed by atoms with Gasteiger partial charge in [0.15, 0.2) is 0 Å². The van der Waals surface area contributed by atoms with Crippen LogP contribution in [0.1, 0.15) is 18.5 Å². The second-order valence-electron chi connectivity index (χ2n) is 6.94. The third-order valence-corrected chi connectivity index (χ3v) is 5.82. The van der Waals surface area contributed by atoms with E-state index in [9.17, 15) is 0 Å². The van der Waals surface area contributed by atoms with Crippen LogP contribution in [-0.4, -0.2) is 72.3 Å². The van der Waals surface area contributed by atoms with Gasteiger partial charge in [-0.05, 0) is 25.5 Å². The number of likely N-dealkylation sites (tertiary alicyclic amines) is 1. The number of anilines is 2. The van der Waals surface area contributed by atoms with E-state index in [-0.39, 0.29) is 0 Å². The van der Waals surface area contributed by atoms with Crippen molar-refractivity contribution in [3.05, 3.63) is 28.8 Å². The van der Waals surface area contributed by atoms with E-state index in [2.05, 4.69) is 37.1 Å². The Labute approximate surface area is 158 Å². The number of aromatic nitrogens is 3. The largest absolute Gasteiger partial charge is 0.378 e. The molecule has 4 heterocycles. The Kier molecular flexibility index (Phi) is 5.62. The number of rotatable bonds is 5. The molecule has 0 aliphatic carbocycles. The molecule has 2 aromatic rings. The number of thiazole rings is 1. The van der Waals surface area contributed by atoms with Gasteiger partial charge in [-0.2, -0.15) is 4.98 Å². The van der Waals surface area contributed by atoms with Gasteiger partial charge in [0.05, 0.1) is 24.4 Å². The molecule has 4 rings (SSSR count). The zero-order valence-electron chi connectivity index (χ0n) is 15.3. The number of hydrogen-bond donors (Lipinski definition) is 0. The van der Waals surface area contributed by atoms with Crippen LogP contribution in [-0.2, 0) is 11.3 Å². The topological polar surface area (TPSA) is 57.6 Å². The fourth-order valence-corrected chi connectivity index (χ4v) is 4.22. The molecule has 0 N–H and O–H groups in total. The fourth-order valence-electron chi connectivity index (χ4n) is 3.67. The molecule has 0 spiro atoms. The smallest absolute Gasteiger partial charge is 0.227 e. The summed E-state index contributed by atoms with van der Waals surface area (Å²) in [7, 11) is 2.16. The molecular weight excluding hydrogens is 348 g/mol. The Morgan fingerprint density at radius 2 is 2.15 bits per heavy atom. The maximum atomic E-state index is 5.43. The van der Waals surface area contributed by atoms with E-state index in [1.807, 2.05) is 17.8 Å². The maximum Gasteiger partial charge on any atom is 0.227 e. The lowest BCUT2D eigenvalue weighted by Gasteiger charge is -2.38. The van der Waals surface area contributed by atoms with Gasteiger partial charge >= 0.3 is 0 Å². The summed E-state index contributed by atoms with van der Waals surface area (Å²) in [5, 5.41) is 2.15. The number of hydrogen-bond acceptors (Lipinski definition) is 8. The van der Waals surface area contributed by atoms with Crippen molar-refractivity contribution in [2.45, 2.75) is 25.4 Å². The molecule has 0 saturated carbocycles. The Balaban J connectivity index is 1.42. The molecule has 2 fully saturated rings. The molecule has 2 saturated heterocycles. The third kappa shape index (κ3) is 4.13. The first-order chi connectivity index (χ1) is 12.8. The van der Waals surface area contributed by atoms with Crippen LogP contribution in [0.2, 0.25) is 0 Å². The lowest BCUT2D eigenvalue weighted by molar-refractivity contribution is 0.122. The summed E-state index contributed by atoms with van der Waals surface area (Å²) in [4.78, 5) is 20.8. The summed E-state index contributed by atoms with van der Waals surface area (Å²) < 4.78 is 5.43. The number of ether oxygens (including phenoxy) is 1. The van der Waals surface area contributed by atoms with Gasteiger partial charge in [0.1, 0.15) is 5.82 Å². The van der Waals surface area contributed by atoms with E-state index in [1.54, 1.807) is 11.3 Å². The Hall–Kier alpha value is -1.77. The van der Waals surface area contributed by atoms with E-state index < -0.39 is 0 Å². The predicted molar refractivity (Wildman–Crippen MR) is 104 cm³/mol. The first kappa shape index (κ1) is 17.6. The molecule has 2 aliphatic heterocycles. The van der Waals surface area contributed by atoms with Crippen LogP contribution in [0.5, 0.6) is 0 Å². The summed E-state index contributed by atoms with van der Waals surface area (Å²) in [6, 6.07) is 2.48. The molecule has 7 nitrogen and oxygen atoms in total. The Bertz CT molecular complexity index is 691. The van der Waals surface area contributed by atoms with Gasteiger partial charge in [-0.1, -0.05) is 0 Å². The van der Waals surface area contributed by atoms with Gasteiger partial charge in [0.25, 0.3) is 0 Å². The van der Waals surface area contributed by atoms with Gasteiger partial charge in [-0.15, -0.1) is 11.3 Å². The standard InChI is InChI=1S/C18H26N6OS/c1-22(16-3-2-6-23(12-16)11-15-13-26-14-20-15)17-4-5-19-18(21-17)24-7-9-25-10-8-24/h4-5,13-14,16H,2-3,6-12H2,1H3. The molecule has 26 heavy (non-hydrogen) atoms. The second-order valence-corrected chi connectivity index (χ2v) is 7.65. The maximum absolute atomic E-state index is 5.43. The molecule has 0 amide bonds. The first-order valence-corrected chi connectivity index (χ1v) is 10.2. The minimum atomic E-state index is 0.467. The Morgan fingerprint density at radius 3 is 2.96 bits per heavy atom. The fraction of sp³-hybridized carbons (Fsp3) is 0.611. The van der Waals surface area contributed by atoms with Crippen LogP contribution < -0.4 is 9.80 Å². The first-order valence-electron chi connectivity index (χ1n) is 9.27. The third-order valence-electron chi connectivity index (χ3n) is 5.18. The van der Waals surface area contributed by atoms with Crippen molar-refractivity contribution in [1.29, 1.82) is 0 Å². The van der Waals surface area contributed by atoms with E-state index in [0.29, 0.717) is 6.04 Å². The quantitative estimate of drug-likeness (QED) is 0.792. The summed E-state index contributed by atoms with van der Waals surface area (Å²) >= 11 is 1.67. The van der Waals surface area contributed by atoms with Gasteiger partial charge < -0.3 is 14.5 Å². The van der Waals surface area contributed by atoms with E-state index in [4.69, 9.17) is 9.72 Å². The summed E-state index contributed by atoms with van der Waals surface area (Å²) in [5.74, 6) is 1.81. The number of morpholine rings is 1. The highest BCUT2D eigenvalue weighted by atomic mass is 32.1. The zero-order valence-corrected chi connectivity index (χ0v) is 16.1. The lowest BCUT2D eigenvalue weighted by atomic mass is 10.0. The molecule has 1 atom stereocenters. The van der Waals surface area contributed by atoms with Crippen molar-refractivity contribution in [2.24, 2.45) is 0 Å². The van der Waals surface area contributed by atoms with Crippen molar-refractivity contribution < 1.29 is 4.74 Å². The SMILES string of the molecule is CN(c1ccnc(N2CCOCC2)n1)C1CCCN(Cc2cscn2)C1. The minimum Gasteiger partial charge on any atom is -0.378 e. The minimum absolute atomic E-state index is 0.467. The highest BCUT2D eigenvalue weighted by Gasteiger charge is 2.25. The second kappa shape index (κ2) is 8.28. The molecule has 2 aliphatic rings. The normalized spacial score (nSPS) is 21.7. The van der Waals surface area contributed by atoms with Crippen LogP contribution in [0.15, 0.2) is 23.2 Å². The van der Waals surface area contributed by atoms with Crippen LogP contribution >= 0.6 is 11.3 Å². The summed E-state index contributed by atoms with van der Waals surface area (Å²) in [6.45, 7) is 6.34. The van der Waals surface area contributed by atoms with E-state index >= 15 is 0 Å². The van der Waals surface area contributed by atoms with E-state index in [1.165, 1.54) is 18.5 Å². The van der Waals surface area contributed by atoms with Crippen molar-refractivity contribution in [3.63, 3.8) is 0 Å². The van der Waals surface area contributed by atoms with Gasteiger partial charge in [0, 0.05) is 50.8 Å². The van der Waals surface area contributed by atoms with Gasteiger partial charge in [0.2, 0.25) is 5.95 Å². The highest BCUT2D eigenvalue weighted by Crippen LogP contribution is 2.22. The molecule has 2 aromatic heterocycles. The number of nitrogens with zero attached hydrogens (tertiary/aromatic N) is 6. The van der Waals surface area contributed by atoms with Crippen molar-refractivity contribution in [2.75, 3.05) is 56.2 Å². The molecule has 140 valence electrons. The summed E-state index contributed by atoms with van der Waals surface area (Å²) in [6.07, 6.45) is 4.28. The molecule has 0 bridgehead atoms. The zero-order chi connectivity index (χ0) is 17.8. The number of likely N-dealkylation sites (N-methyl/N-ethyl adjacent to an activating group) is 1. The van der Waals surface area contributed by atoms with Crippen LogP contribution in [0.25, 0.3) is 0 Å². The predicted octanol–water partition coefficient (Wildman–Crippen LogP) is 1.87. The monoisotopic (exact) mass is 374 g/mol. The average Bonchev–Trinajstić information content (AvgIpc) is 3.21. The van der Waals surface area contributed by atoms with Crippen molar-refractivity contribution in [1.82, 2.24) is 19.9 Å². The molecular formula is C18H26N6OS. The highest BCUT2D eigenvalue weighted by molar-refractivity contribution is 7.07. The van der Waals surface area contributed by atoms with Gasteiger partial charge in [-0.25, -0.2) is 9.97 Å². The van der Waals surface area contributed by atoms with Crippen molar-refractivity contribution in [3.8, 4) is 0 Å². The molecule has 0 aromatic carbocycles. The van der Waals surface area contributed by atoms with Gasteiger partial charge in [-0.3, -0.25) is 4.90 Å². The number of piperidine rings is 1. The average molecular weight is 375 g/mol. The molecule has 8 heteroatoms. The van der Waals surface area contributed by atoms with E-state index in [0.717, 1.165) is 57.7 Å².